The fraction of sp³-hybridized carbons (Fsp3) is 0.500. The van der Waals surface area contributed by atoms with Crippen LogP contribution in [0.1, 0.15) is 19.0 Å². The Hall–Kier alpha value is -1.89. The SMILES string of the molecule is CC1(O)CCN(c2nccnc2C(N)=NO)C1. The van der Waals surface area contributed by atoms with Gasteiger partial charge in [-0.05, 0) is 13.3 Å². The van der Waals surface area contributed by atoms with E-state index in [1.165, 1.54) is 12.4 Å². The summed E-state index contributed by atoms with van der Waals surface area (Å²) >= 11 is 0. The van der Waals surface area contributed by atoms with E-state index in [1.54, 1.807) is 6.92 Å². The molecule has 17 heavy (non-hydrogen) atoms. The third-order valence-corrected chi connectivity index (χ3v) is 2.78. The van der Waals surface area contributed by atoms with Crippen LogP contribution in [0, 0.1) is 0 Å². The highest BCUT2D eigenvalue weighted by atomic mass is 16.4. The van der Waals surface area contributed by atoms with Gasteiger partial charge in [0.25, 0.3) is 0 Å². The predicted octanol–water partition coefficient (Wildman–Crippen LogP) is -0.468. The third-order valence-electron chi connectivity index (χ3n) is 2.78. The van der Waals surface area contributed by atoms with Crippen molar-refractivity contribution in [1.29, 1.82) is 0 Å². The maximum atomic E-state index is 9.91. The number of nitrogens with two attached hydrogens (primary N) is 1. The number of amidine groups is 1. The number of anilines is 1. The van der Waals surface area contributed by atoms with Crippen LogP contribution >= 0.6 is 0 Å². The number of β-amino-alcohol motifs (C(OH)–C–C–N with tert-alkyl or cyclic N) is 1. The fourth-order valence-electron chi connectivity index (χ4n) is 1.92. The zero-order chi connectivity index (χ0) is 12.5. The molecule has 2 rings (SSSR count). The van der Waals surface area contributed by atoms with Gasteiger partial charge in [-0.2, -0.15) is 0 Å². The van der Waals surface area contributed by atoms with E-state index in [-0.39, 0.29) is 5.84 Å². The molecule has 7 heteroatoms. The molecule has 1 aromatic heterocycles. The first-order valence-electron chi connectivity index (χ1n) is 5.30. The molecule has 0 radical (unpaired) electrons. The molecule has 1 unspecified atom stereocenters. The van der Waals surface area contributed by atoms with Crippen LogP contribution in [0.2, 0.25) is 0 Å². The van der Waals surface area contributed by atoms with Crippen LogP contribution in [0.15, 0.2) is 17.5 Å². The Morgan fingerprint density at radius 2 is 2.24 bits per heavy atom. The lowest BCUT2D eigenvalue weighted by molar-refractivity contribution is 0.0839. The Morgan fingerprint density at radius 1 is 1.53 bits per heavy atom. The number of hydrogen-bond donors (Lipinski definition) is 3. The van der Waals surface area contributed by atoms with E-state index < -0.39 is 5.60 Å². The van der Waals surface area contributed by atoms with Crippen molar-refractivity contribution >= 4 is 11.7 Å². The van der Waals surface area contributed by atoms with E-state index in [4.69, 9.17) is 10.9 Å². The highest BCUT2D eigenvalue weighted by Crippen LogP contribution is 2.26. The quantitative estimate of drug-likeness (QED) is 0.278. The summed E-state index contributed by atoms with van der Waals surface area (Å²) < 4.78 is 0. The van der Waals surface area contributed by atoms with Gasteiger partial charge in [0.05, 0.1) is 5.60 Å². The molecule has 0 amide bonds. The minimum Gasteiger partial charge on any atom is -0.409 e. The number of hydrogen-bond acceptors (Lipinski definition) is 6. The summed E-state index contributed by atoms with van der Waals surface area (Å²) in [4.78, 5) is 10.1. The molecule has 92 valence electrons. The standard InChI is InChI=1S/C10H15N5O2/c1-10(16)2-5-15(6-10)9-7(8(11)14-17)12-3-4-13-9/h3-4,16-17H,2,5-6H2,1H3,(H2,11,14). The number of rotatable bonds is 2. The maximum absolute atomic E-state index is 9.91. The minimum absolute atomic E-state index is 0.0837. The zero-order valence-electron chi connectivity index (χ0n) is 9.54. The van der Waals surface area contributed by atoms with Gasteiger partial charge < -0.3 is 20.9 Å². The maximum Gasteiger partial charge on any atom is 0.192 e. The van der Waals surface area contributed by atoms with Gasteiger partial charge in [-0.15, -0.1) is 0 Å². The smallest absolute Gasteiger partial charge is 0.192 e. The molecule has 2 heterocycles. The lowest BCUT2D eigenvalue weighted by atomic mass is 10.1. The molecular formula is C10H15N5O2. The third kappa shape index (κ3) is 2.28. The molecule has 0 aliphatic carbocycles. The van der Waals surface area contributed by atoms with Crippen molar-refractivity contribution in [3.63, 3.8) is 0 Å². The van der Waals surface area contributed by atoms with Gasteiger partial charge in [-0.3, -0.25) is 0 Å². The molecule has 0 spiro atoms. The van der Waals surface area contributed by atoms with Crippen molar-refractivity contribution in [2.45, 2.75) is 18.9 Å². The number of oxime groups is 1. The first-order chi connectivity index (χ1) is 8.03. The lowest BCUT2D eigenvalue weighted by Crippen LogP contribution is -2.32. The Kier molecular flexibility index (Phi) is 2.84. The van der Waals surface area contributed by atoms with E-state index in [0.717, 1.165) is 0 Å². The molecule has 1 aliphatic heterocycles. The Bertz CT molecular complexity index is 446. The summed E-state index contributed by atoms with van der Waals surface area (Å²) in [6.45, 7) is 2.89. The number of nitrogens with zero attached hydrogens (tertiary/aromatic N) is 4. The largest absolute Gasteiger partial charge is 0.409 e. The molecule has 0 bridgehead atoms. The number of aromatic nitrogens is 2. The van der Waals surface area contributed by atoms with Crippen molar-refractivity contribution in [2.75, 3.05) is 18.0 Å². The molecular weight excluding hydrogens is 222 g/mol. The molecule has 0 saturated carbocycles. The number of aliphatic hydroxyl groups is 1. The summed E-state index contributed by atoms with van der Waals surface area (Å²) in [6, 6.07) is 0. The van der Waals surface area contributed by atoms with Crippen molar-refractivity contribution in [3.8, 4) is 0 Å². The molecule has 0 aromatic carbocycles. The first-order valence-corrected chi connectivity index (χ1v) is 5.30. The highest BCUT2D eigenvalue weighted by molar-refractivity contribution is 5.99. The van der Waals surface area contributed by atoms with Gasteiger partial charge in [-0.25, -0.2) is 9.97 Å². The van der Waals surface area contributed by atoms with E-state index in [2.05, 4.69) is 15.1 Å². The second-order valence-corrected chi connectivity index (χ2v) is 4.38. The average molecular weight is 237 g/mol. The van der Waals surface area contributed by atoms with E-state index in [9.17, 15) is 5.11 Å². The van der Waals surface area contributed by atoms with Crippen LogP contribution in [0.3, 0.4) is 0 Å². The summed E-state index contributed by atoms with van der Waals surface area (Å²) in [6.07, 6.45) is 3.67. The average Bonchev–Trinajstić information content (AvgIpc) is 2.68. The molecule has 1 aromatic rings. The molecule has 1 fully saturated rings. The molecule has 1 atom stereocenters. The molecule has 7 nitrogen and oxygen atoms in total. The summed E-state index contributed by atoms with van der Waals surface area (Å²) in [5.41, 5.74) is 5.13. The topological polar surface area (TPSA) is 108 Å². The monoisotopic (exact) mass is 237 g/mol. The second-order valence-electron chi connectivity index (χ2n) is 4.38. The van der Waals surface area contributed by atoms with Gasteiger partial charge in [0.1, 0.15) is 0 Å². The van der Waals surface area contributed by atoms with Crippen LogP contribution in [0.5, 0.6) is 0 Å². The summed E-state index contributed by atoms with van der Waals surface area (Å²) in [5.74, 6) is 0.445. The van der Waals surface area contributed by atoms with Gasteiger partial charge in [0.2, 0.25) is 0 Å². The van der Waals surface area contributed by atoms with Crippen LogP contribution < -0.4 is 10.6 Å². The second kappa shape index (κ2) is 4.17. The normalized spacial score (nSPS) is 25.3. The Morgan fingerprint density at radius 3 is 2.82 bits per heavy atom. The van der Waals surface area contributed by atoms with Crippen LogP contribution in [0.25, 0.3) is 0 Å². The first kappa shape index (κ1) is 11.6. The summed E-state index contributed by atoms with van der Waals surface area (Å²) in [7, 11) is 0. The molecule has 4 N–H and O–H groups in total. The fourth-order valence-corrected chi connectivity index (χ4v) is 1.92. The minimum atomic E-state index is -0.736. The molecule has 1 aliphatic rings. The van der Waals surface area contributed by atoms with Crippen molar-refractivity contribution in [1.82, 2.24) is 9.97 Å². The van der Waals surface area contributed by atoms with Gasteiger partial charge in [0, 0.05) is 25.5 Å². The Balaban J connectivity index is 2.33. The van der Waals surface area contributed by atoms with E-state index >= 15 is 0 Å². The summed E-state index contributed by atoms with van der Waals surface area (Å²) in [5, 5.41) is 21.5. The molecule has 1 saturated heterocycles. The van der Waals surface area contributed by atoms with Crippen LogP contribution in [-0.2, 0) is 0 Å². The highest BCUT2D eigenvalue weighted by Gasteiger charge is 2.33. The van der Waals surface area contributed by atoms with E-state index in [1.807, 2.05) is 4.90 Å². The zero-order valence-corrected chi connectivity index (χ0v) is 9.54. The lowest BCUT2D eigenvalue weighted by Gasteiger charge is -2.21. The van der Waals surface area contributed by atoms with Crippen LogP contribution in [0.4, 0.5) is 5.82 Å². The Labute approximate surface area is 98.6 Å². The van der Waals surface area contributed by atoms with Crippen molar-refractivity contribution in [3.05, 3.63) is 18.1 Å². The van der Waals surface area contributed by atoms with E-state index in [0.29, 0.717) is 31.0 Å². The van der Waals surface area contributed by atoms with Gasteiger partial charge in [-0.1, -0.05) is 5.16 Å². The van der Waals surface area contributed by atoms with Crippen molar-refractivity contribution in [2.24, 2.45) is 10.9 Å². The predicted molar refractivity (Wildman–Crippen MR) is 62.0 cm³/mol. The van der Waals surface area contributed by atoms with Gasteiger partial charge in [0.15, 0.2) is 17.3 Å². The van der Waals surface area contributed by atoms with Crippen LogP contribution in [-0.4, -0.2) is 44.8 Å². The van der Waals surface area contributed by atoms with Crippen molar-refractivity contribution < 1.29 is 10.3 Å². The van der Waals surface area contributed by atoms with Gasteiger partial charge >= 0.3 is 0 Å².